The molecule has 68 valence electrons. The van der Waals surface area contributed by atoms with Crippen LogP contribution in [-0.4, -0.2) is 11.8 Å². The Morgan fingerprint density at radius 1 is 1.23 bits per heavy atom. The molecule has 0 heterocycles. The number of benzene rings is 1. The van der Waals surface area contributed by atoms with Gasteiger partial charge < -0.3 is 9.90 Å². The van der Waals surface area contributed by atoms with Crippen LogP contribution in [-0.2, 0) is 9.59 Å². The minimum absolute atomic E-state index is 0.411. The lowest BCUT2D eigenvalue weighted by atomic mass is 9.96. The highest BCUT2D eigenvalue weighted by atomic mass is 16.4. The van der Waals surface area contributed by atoms with E-state index >= 15 is 0 Å². The van der Waals surface area contributed by atoms with Gasteiger partial charge in [0.15, 0.2) is 0 Å². The molecule has 0 radical (unpaired) electrons. The minimum Gasteiger partial charge on any atom is -0.549 e. The van der Waals surface area contributed by atoms with Crippen LogP contribution >= 0.6 is 0 Å². The summed E-state index contributed by atoms with van der Waals surface area (Å²) in [6.45, 7) is 1.24. The monoisotopic (exact) mass is 177 g/mol. The number of aliphatic carboxylic acids is 1. The van der Waals surface area contributed by atoms with Crippen LogP contribution in [0.1, 0.15) is 18.4 Å². The summed E-state index contributed by atoms with van der Waals surface area (Å²) in [7, 11) is 0. The fourth-order valence-corrected chi connectivity index (χ4v) is 1.18. The molecular formula is C10H9O3-. The molecule has 1 aromatic rings. The summed E-state index contributed by atoms with van der Waals surface area (Å²) in [5.41, 5.74) is 0.468. The van der Waals surface area contributed by atoms with Crippen molar-refractivity contribution in [3.63, 3.8) is 0 Å². The van der Waals surface area contributed by atoms with Gasteiger partial charge in [-0.05, 0) is 12.5 Å². The van der Waals surface area contributed by atoms with E-state index in [-0.39, 0.29) is 0 Å². The molecule has 0 bridgehead atoms. The molecule has 3 nitrogen and oxygen atoms in total. The average Bonchev–Trinajstić information content (AvgIpc) is 2.04. The molecule has 3 heteroatoms. The van der Waals surface area contributed by atoms with Gasteiger partial charge in [-0.3, -0.25) is 4.79 Å². The molecule has 1 unspecified atom stereocenters. The first-order valence-corrected chi connectivity index (χ1v) is 3.89. The van der Waals surface area contributed by atoms with Gasteiger partial charge in [0.1, 0.15) is 5.78 Å². The van der Waals surface area contributed by atoms with Crippen LogP contribution in [0.2, 0.25) is 0 Å². The first-order valence-electron chi connectivity index (χ1n) is 3.89. The van der Waals surface area contributed by atoms with Gasteiger partial charge in [0.2, 0.25) is 0 Å². The molecule has 0 aromatic heterocycles. The van der Waals surface area contributed by atoms with Gasteiger partial charge in [-0.1, -0.05) is 30.3 Å². The van der Waals surface area contributed by atoms with Gasteiger partial charge in [-0.2, -0.15) is 0 Å². The molecule has 0 aliphatic carbocycles. The van der Waals surface area contributed by atoms with Gasteiger partial charge in [-0.15, -0.1) is 0 Å². The van der Waals surface area contributed by atoms with Gasteiger partial charge in [-0.25, -0.2) is 0 Å². The summed E-state index contributed by atoms with van der Waals surface area (Å²) in [5.74, 6) is -2.90. The molecule has 0 saturated carbocycles. The summed E-state index contributed by atoms with van der Waals surface area (Å²) >= 11 is 0. The molecule has 0 N–H and O–H groups in total. The third-order valence-electron chi connectivity index (χ3n) is 1.78. The van der Waals surface area contributed by atoms with Crippen LogP contribution in [0, 0.1) is 0 Å². The van der Waals surface area contributed by atoms with E-state index < -0.39 is 17.7 Å². The summed E-state index contributed by atoms with van der Waals surface area (Å²) in [6, 6.07) is 8.34. The van der Waals surface area contributed by atoms with E-state index in [1.54, 1.807) is 30.3 Å². The maximum Gasteiger partial charge on any atom is 0.142 e. The summed E-state index contributed by atoms with van der Waals surface area (Å²) in [5, 5.41) is 10.6. The zero-order valence-electron chi connectivity index (χ0n) is 7.19. The van der Waals surface area contributed by atoms with Crippen molar-refractivity contribution in [2.75, 3.05) is 0 Å². The molecule has 13 heavy (non-hydrogen) atoms. The zero-order valence-corrected chi connectivity index (χ0v) is 7.19. The zero-order chi connectivity index (χ0) is 9.84. The second-order valence-corrected chi connectivity index (χ2v) is 2.77. The second kappa shape index (κ2) is 3.85. The molecule has 0 saturated heterocycles. The minimum atomic E-state index is -1.35. The smallest absolute Gasteiger partial charge is 0.142 e. The Morgan fingerprint density at radius 3 is 2.15 bits per heavy atom. The van der Waals surface area contributed by atoms with Crippen LogP contribution in [0.25, 0.3) is 0 Å². The largest absolute Gasteiger partial charge is 0.549 e. The normalized spacial score (nSPS) is 12.1. The van der Waals surface area contributed by atoms with Crippen molar-refractivity contribution >= 4 is 11.8 Å². The molecule has 1 rings (SSSR count). The summed E-state index contributed by atoms with van der Waals surface area (Å²) in [4.78, 5) is 21.6. The van der Waals surface area contributed by atoms with Gasteiger partial charge >= 0.3 is 0 Å². The Hall–Kier alpha value is -1.64. The summed E-state index contributed by atoms with van der Waals surface area (Å²) < 4.78 is 0. The number of carboxylic acids is 1. The van der Waals surface area contributed by atoms with E-state index in [4.69, 9.17) is 0 Å². The Morgan fingerprint density at radius 2 is 1.77 bits per heavy atom. The highest BCUT2D eigenvalue weighted by Gasteiger charge is 2.16. The second-order valence-electron chi connectivity index (χ2n) is 2.77. The van der Waals surface area contributed by atoms with Crippen molar-refractivity contribution in [1.29, 1.82) is 0 Å². The number of Topliss-reactive ketones (excluding diaryl/α,β-unsaturated/α-hetero) is 1. The molecule has 0 aliphatic rings. The summed E-state index contributed by atoms with van der Waals surface area (Å²) in [6.07, 6.45) is 0. The Labute approximate surface area is 76.0 Å². The Kier molecular flexibility index (Phi) is 2.80. The van der Waals surface area contributed by atoms with Gasteiger partial charge in [0.05, 0.1) is 11.9 Å². The standard InChI is InChI=1S/C10H10O3/c1-7(11)9(10(12)13)8-5-3-2-4-6-8/h2-6,9H,1H3,(H,12,13)/p-1. The number of hydrogen-bond acceptors (Lipinski definition) is 3. The first-order chi connectivity index (χ1) is 6.13. The molecule has 1 aromatic carbocycles. The van der Waals surface area contributed by atoms with E-state index in [2.05, 4.69) is 0 Å². The van der Waals surface area contributed by atoms with E-state index in [1.807, 2.05) is 0 Å². The number of carbonyl (C=O) groups excluding carboxylic acids is 2. The molecular weight excluding hydrogens is 168 g/mol. The maximum absolute atomic E-state index is 11.0. The third-order valence-corrected chi connectivity index (χ3v) is 1.78. The van der Waals surface area contributed by atoms with E-state index in [9.17, 15) is 14.7 Å². The average molecular weight is 177 g/mol. The number of ketones is 1. The van der Waals surface area contributed by atoms with Crippen LogP contribution < -0.4 is 5.11 Å². The predicted molar refractivity (Wildman–Crippen MR) is 44.9 cm³/mol. The molecule has 0 aliphatic heterocycles. The molecule has 0 spiro atoms. The van der Waals surface area contributed by atoms with Crippen molar-refractivity contribution in [3.8, 4) is 0 Å². The maximum atomic E-state index is 11.0. The number of rotatable bonds is 3. The van der Waals surface area contributed by atoms with Crippen LogP contribution in [0.4, 0.5) is 0 Å². The van der Waals surface area contributed by atoms with Crippen molar-refractivity contribution in [1.82, 2.24) is 0 Å². The fraction of sp³-hybridized carbons (Fsp3) is 0.200. The molecule has 0 fully saturated rings. The third kappa shape index (κ3) is 2.15. The quantitative estimate of drug-likeness (QED) is 0.615. The van der Waals surface area contributed by atoms with E-state index in [1.165, 1.54) is 6.92 Å². The van der Waals surface area contributed by atoms with Crippen LogP contribution in [0.3, 0.4) is 0 Å². The highest BCUT2D eigenvalue weighted by Crippen LogP contribution is 2.15. The topological polar surface area (TPSA) is 57.2 Å². The number of hydrogen-bond donors (Lipinski definition) is 0. The number of carboxylic acid groups (broad SMARTS) is 1. The van der Waals surface area contributed by atoms with Crippen LogP contribution in [0.15, 0.2) is 30.3 Å². The van der Waals surface area contributed by atoms with E-state index in [0.717, 1.165) is 0 Å². The number of carbonyl (C=O) groups is 2. The predicted octanol–water partition coefficient (Wildman–Crippen LogP) is 0.109. The van der Waals surface area contributed by atoms with Gasteiger partial charge in [0, 0.05) is 0 Å². The Bertz CT molecular complexity index is 302. The lowest BCUT2D eigenvalue weighted by Gasteiger charge is -2.14. The first kappa shape index (κ1) is 9.45. The van der Waals surface area contributed by atoms with Crippen molar-refractivity contribution in [3.05, 3.63) is 35.9 Å². The lowest BCUT2D eigenvalue weighted by molar-refractivity contribution is -0.306. The van der Waals surface area contributed by atoms with Crippen molar-refractivity contribution in [2.45, 2.75) is 12.8 Å². The van der Waals surface area contributed by atoms with Crippen molar-refractivity contribution in [2.24, 2.45) is 0 Å². The lowest BCUT2D eigenvalue weighted by Crippen LogP contribution is -2.33. The Balaban J connectivity index is 3.03. The fourth-order valence-electron chi connectivity index (χ4n) is 1.18. The highest BCUT2D eigenvalue weighted by molar-refractivity contribution is 6.01. The molecule has 1 atom stereocenters. The SMILES string of the molecule is CC(=O)C(C(=O)[O-])c1ccccc1. The van der Waals surface area contributed by atoms with Crippen LogP contribution in [0.5, 0.6) is 0 Å². The van der Waals surface area contributed by atoms with Gasteiger partial charge in [0.25, 0.3) is 0 Å². The van der Waals surface area contributed by atoms with Crippen molar-refractivity contribution < 1.29 is 14.7 Å². The van der Waals surface area contributed by atoms with E-state index in [0.29, 0.717) is 5.56 Å². The molecule has 0 amide bonds.